The molecule has 0 spiro atoms. The first-order valence-electron chi connectivity index (χ1n) is 7.72. The summed E-state index contributed by atoms with van der Waals surface area (Å²) < 4.78 is 2.03. The molecule has 120 valence electrons. The highest BCUT2D eigenvalue weighted by molar-refractivity contribution is 6.30. The fourth-order valence-electron chi connectivity index (χ4n) is 2.77. The molecule has 0 aliphatic heterocycles. The smallest absolute Gasteiger partial charge is 0.337 e. The summed E-state index contributed by atoms with van der Waals surface area (Å²) in [5.41, 5.74) is 1.40. The van der Waals surface area contributed by atoms with Gasteiger partial charge in [0.2, 0.25) is 0 Å². The van der Waals surface area contributed by atoms with Crippen LogP contribution in [0.4, 0.5) is 0 Å². The topological polar surface area (TPSA) is 56.5 Å². The standard InChI is InChI=1S/C17H18ClN3O2/c18-15-7-5-13(6-8-15)17(22)23-20-16-4-2-1-3-14(16)11-21-10-9-19-12-21/h5-10,12,14H,1-4,11H2. The summed E-state index contributed by atoms with van der Waals surface area (Å²) in [4.78, 5) is 21.2. The molecule has 3 rings (SSSR count). The Morgan fingerprint density at radius 2 is 2.17 bits per heavy atom. The van der Waals surface area contributed by atoms with Crippen molar-refractivity contribution in [1.29, 1.82) is 0 Å². The Morgan fingerprint density at radius 3 is 2.91 bits per heavy atom. The van der Waals surface area contributed by atoms with Gasteiger partial charge in [0.15, 0.2) is 0 Å². The first-order valence-corrected chi connectivity index (χ1v) is 8.09. The van der Waals surface area contributed by atoms with Crippen LogP contribution in [-0.2, 0) is 11.4 Å². The number of imidazole rings is 1. The Kier molecular flexibility index (Phi) is 5.08. The number of carbonyl (C=O) groups excluding carboxylic acids is 1. The molecule has 1 saturated carbocycles. The third-order valence-electron chi connectivity index (χ3n) is 4.02. The Morgan fingerprint density at radius 1 is 1.35 bits per heavy atom. The van der Waals surface area contributed by atoms with Crippen LogP contribution in [0.5, 0.6) is 0 Å². The van der Waals surface area contributed by atoms with Crippen LogP contribution in [0.3, 0.4) is 0 Å². The van der Waals surface area contributed by atoms with Gasteiger partial charge in [-0.1, -0.05) is 23.2 Å². The number of halogens is 1. The Hall–Kier alpha value is -2.14. The van der Waals surface area contributed by atoms with Crippen LogP contribution < -0.4 is 0 Å². The average molecular weight is 332 g/mol. The van der Waals surface area contributed by atoms with Gasteiger partial charge in [-0.15, -0.1) is 0 Å². The molecule has 0 bridgehead atoms. The third-order valence-corrected chi connectivity index (χ3v) is 4.27. The Bertz CT molecular complexity index is 680. The lowest BCUT2D eigenvalue weighted by Crippen LogP contribution is -2.24. The Labute approximate surface area is 139 Å². The van der Waals surface area contributed by atoms with Crippen molar-refractivity contribution in [2.75, 3.05) is 0 Å². The fourth-order valence-corrected chi connectivity index (χ4v) is 2.90. The molecule has 1 atom stereocenters. The highest BCUT2D eigenvalue weighted by Crippen LogP contribution is 2.24. The number of rotatable bonds is 4. The van der Waals surface area contributed by atoms with Crippen LogP contribution in [0.1, 0.15) is 36.0 Å². The zero-order chi connectivity index (χ0) is 16.1. The maximum atomic E-state index is 12.0. The number of hydrogen-bond donors (Lipinski definition) is 0. The van der Waals surface area contributed by atoms with Gasteiger partial charge in [-0.3, -0.25) is 0 Å². The molecule has 0 radical (unpaired) electrons. The SMILES string of the molecule is O=C(ON=C1CCCCC1Cn1ccnc1)c1ccc(Cl)cc1. The van der Waals surface area contributed by atoms with Gasteiger partial charge in [0.1, 0.15) is 0 Å². The van der Waals surface area contributed by atoms with E-state index < -0.39 is 5.97 Å². The van der Waals surface area contributed by atoms with Crippen LogP contribution in [0.15, 0.2) is 48.1 Å². The molecule has 1 aliphatic carbocycles. The average Bonchev–Trinajstić information content (AvgIpc) is 3.07. The molecule has 6 heteroatoms. The third kappa shape index (κ3) is 4.20. The summed E-state index contributed by atoms with van der Waals surface area (Å²) in [5, 5.41) is 4.73. The van der Waals surface area contributed by atoms with Crippen molar-refractivity contribution in [2.45, 2.75) is 32.2 Å². The molecular formula is C17H18ClN3O2. The number of nitrogens with zero attached hydrogens (tertiary/aromatic N) is 3. The second-order valence-electron chi connectivity index (χ2n) is 5.67. The van der Waals surface area contributed by atoms with Crippen LogP contribution >= 0.6 is 11.6 Å². The lowest BCUT2D eigenvalue weighted by Gasteiger charge is -2.23. The van der Waals surface area contributed by atoms with Crippen molar-refractivity contribution < 1.29 is 9.63 Å². The summed E-state index contributed by atoms with van der Waals surface area (Å²) in [5.74, 6) is -0.169. The van der Waals surface area contributed by atoms with E-state index in [1.165, 1.54) is 6.42 Å². The lowest BCUT2D eigenvalue weighted by atomic mass is 9.87. The second kappa shape index (κ2) is 7.42. The maximum absolute atomic E-state index is 12.0. The molecular weight excluding hydrogens is 314 g/mol. The van der Waals surface area contributed by atoms with Gasteiger partial charge >= 0.3 is 5.97 Å². The van der Waals surface area contributed by atoms with Gasteiger partial charge < -0.3 is 9.40 Å². The van der Waals surface area contributed by atoms with Gasteiger partial charge in [-0.05, 0) is 43.5 Å². The molecule has 1 aliphatic rings. The van der Waals surface area contributed by atoms with Gasteiger partial charge in [-0.25, -0.2) is 9.78 Å². The highest BCUT2D eigenvalue weighted by atomic mass is 35.5. The van der Waals surface area contributed by atoms with Gasteiger partial charge in [0, 0.05) is 29.9 Å². The predicted octanol–water partition coefficient (Wildman–Crippen LogP) is 3.94. The van der Waals surface area contributed by atoms with E-state index in [1.807, 2.05) is 10.8 Å². The minimum Gasteiger partial charge on any atom is -0.337 e. The van der Waals surface area contributed by atoms with Crippen LogP contribution in [-0.4, -0.2) is 21.2 Å². The minimum atomic E-state index is -0.457. The van der Waals surface area contributed by atoms with Gasteiger partial charge in [0.05, 0.1) is 17.6 Å². The summed E-state index contributed by atoms with van der Waals surface area (Å²) in [6.45, 7) is 0.817. The van der Waals surface area contributed by atoms with E-state index in [2.05, 4.69) is 10.1 Å². The molecule has 1 fully saturated rings. The summed E-state index contributed by atoms with van der Waals surface area (Å²) in [6.07, 6.45) is 9.67. The van der Waals surface area contributed by atoms with Crippen molar-refractivity contribution in [1.82, 2.24) is 9.55 Å². The van der Waals surface area contributed by atoms with Crippen molar-refractivity contribution >= 4 is 23.3 Å². The Balaban J connectivity index is 1.66. The minimum absolute atomic E-state index is 0.288. The van der Waals surface area contributed by atoms with Crippen molar-refractivity contribution in [3.05, 3.63) is 53.6 Å². The molecule has 1 heterocycles. The molecule has 1 unspecified atom stereocenters. The molecule has 0 N–H and O–H groups in total. The molecule has 0 amide bonds. The zero-order valence-electron chi connectivity index (χ0n) is 12.7. The second-order valence-corrected chi connectivity index (χ2v) is 6.11. The van der Waals surface area contributed by atoms with E-state index in [0.717, 1.165) is 31.5 Å². The number of aromatic nitrogens is 2. The number of hydrogen-bond acceptors (Lipinski definition) is 4. The molecule has 0 saturated heterocycles. The van der Waals surface area contributed by atoms with Crippen molar-refractivity contribution in [3.8, 4) is 0 Å². The summed E-state index contributed by atoms with van der Waals surface area (Å²) in [7, 11) is 0. The van der Waals surface area contributed by atoms with Crippen LogP contribution in [0.2, 0.25) is 5.02 Å². The van der Waals surface area contributed by atoms with E-state index in [9.17, 15) is 4.79 Å². The van der Waals surface area contributed by atoms with Crippen molar-refractivity contribution in [3.63, 3.8) is 0 Å². The highest BCUT2D eigenvalue weighted by Gasteiger charge is 2.22. The van der Waals surface area contributed by atoms with E-state index in [4.69, 9.17) is 16.4 Å². The monoisotopic (exact) mass is 331 g/mol. The van der Waals surface area contributed by atoms with Gasteiger partial charge in [0.25, 0.3) is 0 Å². The summed E-state index contributed by atoms with van der Waals surface area (Å²) in [6, 6.07) is 6.59. The van der Waals surface area contributed by atoms with E-state index in [-0.39, 0.29) is 5.92 Å². The van der Waals surface area contributed by atoms with Crippen LogP contribution in [0, 0.1) is 5.92 Å². The molecule has 1 aromatic carbocycles. The van der Waals surface area contributed by atoms with Crippen molar-refractivity contribution in [2.24, 2.45) is 11.1 Å². The quantitative estimate of drug-likeness (QED) is 0.630. The first-order chi connectivity index (χ1) is 11.2. The van der Waals surface area contributed by atoms with Crippen LogP contribution in [0.25, 0.3) is 0 Å². The predicted molar refractivity (Wildman–Crippen MR) is 88.5 cm³/mol. The molecule has 2 aromatic rings. The van der Waals surface area contributed by atoms with E-state index in [0.29, 0.717) is 10.6 Å². The van der Waals surface area contributed by atoms with E-state index in [1.54, 1.807) is 36.8 Å². The normalized spacial score (nSPS) is 19.7. The summed E-state index contributed by atoms with van der Waals surface area (Å²) >= 11 is 5.81. The van der Waals surface area contributed by atoms with E-state index >= 15 is 0 Å². The number of carbonyl (C=O) groups is 1. The number of oxime groups is 1. The maximum Gasteiger partial charge on any atom is 0.365 e. The lowest BCUT2D eigenvalue weighted by molar-refractivity contribution is 0.0511. The first kappa shape index (κ1) is 15.7. The molecule has 1 aromatic heterocycles. The van der Waals surface area contributed by atoms with Gasteiger partial charge in [-0.2, -0.15) is 0 Å². The zero-order valence-corrected chi connectivity index (χ0v) is 13.4. The largest absolute Gasteiger partial charge is 0.365 e. The fraction of sp³-hybridized carbons (Fsp3) is 0.353. The molecule has 23 heavy (non-hydrogen) atoms. The molecule has 5 nitrogen and oxygen atoms in total. The number of benzene rings is 1.